The number of aryl methyl sites for hydroxylation is 1. The Labute approximate surface area is 293 Å². The van der Waals surface area contributed by atoms with Gasteiger partial charge in [-0.05, 0) is 19.4 Å². The summed E-state index contributed by atoms with van der Waals surface area (Å²) < 4.78 is 4.87. The van der Waals surface area contributed by atoms with Gasteiger partial charge in [0.25, 0.3) is 0 Å². The summed E-state index contributed by atoms with van der Waals surface area (Å²) in [5.74, 6) is 0. The summed E-state index contributed by atoms with van der Waals surface area (Å²) >= 11 is 0. The molecule has 172 valence electrons. The summed E-state index contributed by atoms with van der Waals surface area (Å²) in [6.45, 7) is 22.4. The molecule has 0 atom stereocenters. The molecule has 2 nitrogen and oxygen atoms in total. The summed E-state index contributed by atoms with van der Waals surface area (Å²) in [5.41, 5.74) is 1.41. The Hall–Kier alpha value is 3.56. The van der Waals surface area contributed by atoms with Gasteiger partial charge in [-0.15, -0.1) is 6.54 Å². The third kappa shape index (κ3) is 69.7. The summed E-state index contributed by atoms with van der Waals surface area (Å²) in [7, 11) is 0. The van der Waals surface area contributed by atoms with Crippen LogP contribution in [0.4, 0.5) is 0 Å². The Morgan fingerprint density at radius 2 is 1.30 bits per heavy atom. The second-order valence-corrected chi connectivity index (χ2v) is 5.02. The van der Waals surface area contributed by atoms with Crippen LogP contribution in [0.5, 0.6) is 0 Å². The van der Waals surface area contributed by atoms with E-state index < -0.39 is 0 Å². The molecule has 0 amide bonds. The van der Waals surface area contributed by atoms with Crippen LogP contribution in [0.15, 0.2) is 24.3 Å². The predicted octanol–water partition coefficient (Wildman–Crippen LogP) is 7.00. The van der Waals surface area contributed by atoms with Gasteiger partial charge >= 0.3 is 0 Å². The van der Waals surface area contributed by atoms with Crippen molar-refractivity contribution in [3.8, 4) is 0 Å². The number of rotatable bonds is 8. The molecule has 1 N–H and O–H groups in total. The Morgan fingerprint density at radius 3 is 1.53 bits per heavy atom. The number of benzene rings is 1. The topological polar surface area (TPSA) is 21.3 Å². The SMILES string of the molecule is C.C.CCCc1cc[c-]cc1.[CH2-]CC.[CH2-]CNCCC.[CH2-]COCCC.[Y].[Y].[Y].[Y]. The second-order valence-electron chi connectivity index (χ2n) is 5.02. The van der Waals surface area contributed by atoms with Gasteiger partial charge in [-0.3, -0.25) is 0 Å². The molecule has 0 spiro atoms. The van der Waals surface area contributed by atoms with Gasteiger partial charge in [-0.1, -0.05) is 62.0 Å². The molecule has 1 aromatic rings. The monoisotopic (exact) mass is 723 g/mol. The molecule has 0 aliphatic heterocycles. The molecule has 0 bridgehead atoms. The maximum absolute atomic E-state index is 4.87. The molecule has 0 aliphatic carbocycles. The maximum atomic E-state index is 4.87. The molecule has 0 saturated heterocycles. The zero-order valence-corrected chi connectivity index (χ0v) is 30.4. The van der Waals surface area contributed by atoms with Gasteiger partial charge in [0, 0.05) is 137 Å². The van der Waals surface area contributed by atoms with Crippen molar-refractivity contribution in [2.75, 3.05) is 26.3 Å². The molecule has 0 aliphatic rings. The van der Waals surface area contributed by atoms with Gasteiger partial charge in [0.05, 0.1) is 0 Å². The van der Waals surface area contributed by atoms with E-state index in [9.17, 15) is 0 Å². The minimum absolute atomic E-state index is 0. The Kier molecular flexibility index (Phi) is 125. The van der Waals surface area contributed by atoms with Crippen LogP contribution in [0, 0.1) is 26.8 Å². The number of hydrogen-bond acceptors (Lipinski definition) is 2. The molecule has 1 rings (SSSR count). The quantitative estimate of drug-likeness (QED) is 0.231. The van der Waals surface area contributed by atoms with E-state index in [0.29, 0.717) is 6.61 Å². The van der Waals surface area contributed by atoms with E-state index in [0.717, 1.165) is 32.5 Å². The molecule has 0 unspecified atom stereocenters. The Bertz CT molecular complexity index is 276. The molecule has 4 radical (unpaired) electrons. The van der Waals surface area contributed by atoms with Crippen molar-refractivity contribution in [2.24, 2.45) is 0 Å². The molecule has 6 heteroatoms. The zero-order chi connectivity index (χ0) is 18.9. The Morgan fingerprint density at radius 1 is 0.833 bits per heavy atom. The first-order valence-electron chi connectivity index (χ1n) is 9.29. The van der Waals surface area contributed by atoms with Gasteiger partial charge < -0.3 is 30.8 Å². The number of ether oxygens (including phenoxy) is 1. The average Bonchev–Trinajstić information content (AvgIpc) is 2.61. The standard InChI is InChI=1S/C9H11.C5H12N.C5H11O.C3H7.2CH4.4Y/c1-2-6-9-7-4-3-5-8-9;2*1-3-5-6-4-2;1-3-2;;;;;;/h4-5,7-8H,2,6H2,1H3;6H,2-5H2,1H3;2-5H2,1H3;1,3H2,2H3;2*1H4;;;;/q4*-1;;;;;;. The average molecular weight is 723 g/mol. The molecule has 0 aromatic heterocycles. The normalized spacial score (nSPS) is 7.03. The third-order valence-corrected chi connectivity index (χ3v) is 2.42. The van der Waals surface area contributed by atoms with Crippen LogP contribution < -0.4 is 5.32 Å². The van der Waals surface area contributed by atoms with Crippen LogP contribution in [0.2, 0.25) is 0 Å². The van der Waals surface area contributed by atoms with Crippen LogP contribution in [0.3, 0.4) is 0 Å². The van der Waals surface area contributed by atoms with E-state index in [1.54, 1.807) is 0 Å². The Balaban J connectivity index is -0.0000000276. The number of nitrogens with one attached hydrogen (secondary N) is 1. The van der Waals surface area contributed by atoms with E-state index in [-0.39, 0.29) is 146 Å². The van der Waals surface area contributed by atoms with Crippen molar-refractivity contribution in [3.63, 3.8) is 0 Å². The van der Waals surface area contributed by atoms with E-state index in [1.165, 1.54) is 24.8 Å². The fourth-order valence-electron chi connectivity index (χ4n) is 1.42. The maximum Gasteiger partial charge on any atom is 0.0427 e. The molecule has 0 saturated carbocycles. The van der Waals surface area contributed by atoms with E-state index in [4.69, 9.17) is 4.74 Å². The molecule has 1 aromatic carbocycles. The summed E-state index contributed by atoms with van der Waals surface area (Å²) in [6, 6.07) is 11.1. The van der Waals surface area contributed by atoms with Gasteiger partial charge in [-0.25, -0.2) is 0 Å². The van der Waals surface area contributed by atoms with Crippen LogP contribution in [0.1, 0.15) is 73.8 Å². The van der Waals surface area contributed by atoms with Gasteiger partial charge in [0.15, 0.2) is 0 Å². The first-order valence-corrected chi connectivity index (χ1v) is 9.29. The summed E-state index contributed by atoms with van der Waals surface area (Å²) in [5, 5.41) is 3.09. The van der Waals surface area contributed by atoms with Crippen molar-refractivity contribution >= 4 is 0 Å². The van der Waals surface area contributed by atoms with Crippen molar-refractivity contribution in [2.45, 2.75) is 74.7 Å². The van der Waals surface area contributed by atoms with E-state index >= 15 is 0 Å². The van der Waals surface area contributed by atoms with Gasteiger partial charge in [-0.2, -0.15) is 42.3 Å². The van der Waals surface area contributed by atoms with Crippen molar-refractivity contribution in [1.82, 2.24) is 5.32 Å². The second kappa shape index (κ2) is 63.7. The van der Waals surface area contributed by atoms with Crippen molar-refractivity contribution < 1.29 is 136 Å². The zero-order valence-electron chi connectivity index (χ0n) is 19.0. The largest absolute Gasteiger partial charge is 0.413 e. The van der Waals surface area contributed by atoms with Crippen LogP contribution >= 0.6 is 0 Å². The van der Waals surface area contributed by atoms with E-state index in [1.807, 2.05) is 19.1 Å². The number of hydrogen-bond donors (Lipinski definition) is 1. The molecular weight excluding hydrogens is 674 g/mol. The fourth-order valence-corrected chi connectivity index (χ4v) is 1.42. The molecule has 0 fully saturated rings. The molecule has 0 heterocycles. The smallest absolute Gasteiger partial charge is 0.0427 e. The van der Waals surface area contributed by atoms with E-state index in [2.05, 4.69) is 65.1 Å². The van der Waals surface area contributed by atoms with Crippen LogP contribution in [0.25, 0.3) is 0 Å². The van der Waals surface area contributed by atoms with Crippen molar-refractivity contribution in [3.05, 3.63) is 56.7 Å². The molecule has 30 heavy (non-hydrogen) atoms. The minimum atomic E-state index is 0. The summed E-state index contributed by atoms with van der Waals surface area (Å²) in [4.78, 5) is 0. The first kappa shape index (κ1) is 59.0. The molecular formula is C24H49NOY4-4. The first-order chi connectivity index (χ1) is 11.7. The summed E-state index contributed by atoms with van der Waals surface area (Å²) in [6.07, 6.45) is 5.71. The van der Waals surface area contributed by atoms with Gasteiger partial charge in [0.1, 0.15) is 0 Å². The third-order valence-electron chi connectivity index (χ3n) is 2.42. The fraction of sp³-hybridized carbons (Fsp3) is 0.625. The van der Waals surface area contributed by atoms with Crippen LogP contribution in [-0.2, 0) is 142 Å². The van der Waals surface area contributed by atoms with Crippen LogP contribution in [-0.4, -0.2) is 26.3 Å². The van der Waals surface area contributed by atoms with Gasteiger partial charge in [0.2, 0.25) is 0 Å². The predicted molar refractivity (Wildman–Crippen MR) is 123 cm³/mol. The minimum Gasteiger partial charge on any atom is -0.413 e. The van der Waals surface area contributed by atoms with Crippen molar-refractivity contribution in [1.29, 1.82) is 0 Å².